The molecule has 0 aliphatic rings. The molecule has 0 amide bonds. The first-order chi connectivity index (χ1) is 9.65. The predicted octanol–water partition coefficient (Wildman–Crippen LogP) is 2.79. The number of aryl methyl sites for hydroxylation is 1. The van der Waals surface area contributed by atoms with Crippen molar-refractivity contribution in [1.82, 2.24) is 9.66 Å². The summed E-state index contributed by atoms with van der Waals surface area (Å²) < 4.78 is 14.3. The summed E-state index contributed by atoms with van der Waals surface area (Å²) in [6.07, 6.45) is 1.44. The summed E-state index contributed by atoms with van der Waals surface area (Å²) in [7, 11) is 0. The number of thiophene rings is 1. The van der Waals surface area contributed by atoms with Gasteiger partial charge in [-0.15, -0.1) is 11.3 Å². The van der Waals surface area contributed by atoms with Gasteiger partial charge in [0.1, 0.15) is 16.5 Å². The second-order valence-electron chi connectivity index (χ2n) is 4.21. The van der Waals surface area contributed by atoms with Crippen LogP contribution in [0, 0.1) is 12.7 Å². The van der Waals surface area contributed by atoms with Crippen LogP contribution in [0.4, 0.5) is 4.39 Å². The lowest BCUT2D eigenvalue weighted by Gasteiger charge is -2.02. The number of benzene rings is 1. The molecule has 20 heavy (non-hydrogen) atoms. The third-order valence-corrected chi connectivity index (χ3v) is 3.62. The Bertz CT molecular complexity index is 866. The number of hydrogen-bond acceptors (Lipinski definition) is 4. The van der Waals surface area contributed by atoms with Crippen molar-refractivity contribution in [2.24, 2.45) is 5.10 Å². The van der Waals surface area contributed by atoms with E-state index in [-0.39, 0.29) is 11.4 Å². The second-order valence-corrected chi connectivity index (χ2v) is 5.11. The van der Waals surface area contributed by atoms with Gasteiger partial charge in [0.25, 0.3) is 5.56 Å². The molecule has 0 saturated heterocycles. The van der Waals surface area contributed by atoms with E-state index in [4.69, 9.17) is 0 Å². The van der Waals surface area contributed by atoms with Crippen LogP contribution in [0.3, 0.4) is 0 Å². The van der Waals surface area contributed by atoms with Crippen LogP contribution in [0.1, 0.15) is 11.4 Å². The number of fused-ring (bicyclic) bond motifs is 1. The Morgan fingerprint density at radius 3 is 3.05 bits per heavy atom. The Morgan fingerprint density at radius 2 is 2.25 bits per heavy atom. The van der Waals surface area contributed by atoms with Gasteiger partial charge in [0.05, 0.1) is 11.6 Å². The van der Waals surface area contributed by atoms with Gasteiger partial charge in [0.15, 0.2) is 0 Å². The average Bonchev–Trinajstić information content (AvgIpc) is 2.87. The zero-order chi connectivity index (χ0) is 14.1. The SMILES string of the molecule is Cc1nc2sccc2c(=O)n1/N=C\c1cccc(F)c1. The molecule has 3 rings (SSSR count). The highest BCUT2D eigenvalue weighted by molar-refractivity contribution is 7.16. The summed E-state index contributed by atoms with van der Waals surface area (Å²) in [5.74, 6) is 0.155. The van der Waals surface area contributed by atoms with Crippen molar-refractivity contribution in [3.05, 3.63) is 63.3 Å². The molecule has 0 unspecified atom stereocenters. The summed E-state index contributed by atoms with van der Waals surface area (Å²) in [4.78, 5) is 17.3. The van der Waals surface area contributed by atoms with Crippen molar-refractivity contribution in [3.63, 3.8) is 0 Å². The quantitative estimate of drug-likeness (QED) is 0.680. The zero-order valence-electron chi connectivity index (χ0n) is 10.6. The minimum Gasteiger partial charge on any atom is -0.267 e. The monoisotopic (exact) mass is 287 g/mol. The van der Waals surface area contributed by atoms with Gasteiger partial charge >= 0.3 is 0 Å². The minimum absolute atomic E-state index is 0.221. The first kappa shape index (κ1) is 12.7. The van der Waals surface area contributed by atoms with Crippen molar-refractivity contribution < 1.29 is 4.39 Å². The van der Waals surface area contributed by atoms with Crippen molar-refractivity contribution in [3.8, 4) is 0 Å². The molecule has 0 radical (unpaired) electrons. The molecule has 0 atom stereocenters. The summed E-state index contributed by atoms with van der Waals surface area (Å²) in [6.45, 7) is 1.71. The van der Waals surface area contributed by atoms with E-state index in [1.54, 1.807) is 25.1 Å². The molecule has 3 aromatic rings. The van der Waals surface area contributed by atoms with Crippen LogP contribution in [0.25, 0.3) is 10.2 Å². The van der Waals surface area contributed by atoms with Crippen LogP contribution in [0.2, 0.25) is 0 Å². The van der Waals surface area contributed by atoms with Crippen molar-refractivity contribution in [2.75, 3.05) is 0 Å². The van der Waals surface area contributed by atoms with E-state index in [1.165, 1.54) is 34.4 Å². The van der Waals surface area contributed by atoms with Gasteiger partial charge in [-0.2, -0.15) is 9.78 Å². The molecule has 1 aromatic carbocycles. The Morgan fingerprint density at radius 1 is 1.40 bits per heavy atom. The van der Waals surface area contributed by atoms with Crippen LogP contribution in [-0.4, -0.2) is 15.9 Å². The van der Waals surface area contributed by atoms with Gasteiger partial charge < -0.3 is 0 Å². The maximum absolute atomic E-state index is 13.1. The van der Waals surface area contributed by atoms with E-state index in [1.807, 2.05) is 5.38 Å². The molecule has 0 saturated carbocycles. The molecule has 6 heteroatoms. The lowest BCUT2D eigenvalue weighted by molar-refractivity contribution is 0.627. The summed E-state index contributed by atoms with van der Waals surface area (Å²) in [5.41, 5.74) is 0.364. The van der Waals surface area contributed by atoms with Crippen LogP contribution >= 0.6 is 11.3 Å². The van der Waals surface area contributed by atoms with E-state index in [0.717, 1.165) is 0 Å². The molecular formula is C14H10FN3OS. The van der Waals surface area contributed by atoms with Gasteiger partial charge in [0.2, 0.25) is 0 Å². The highest BCUT2D eigenvalue weighted by Gasteiger charge is 2.07. The molecule has 0 N–H and O–H groups in total. The third-order valence-electron chi connectivity index (χ3n) is 2.81. The van der Waals surface area contributed by atoms with E-state index in [0.29, 0.717) is 21.6 Å². The summed E-state index contributed by atoms with van der Waals surface area (Å²) >= 11 is 1.41. The van der Waals surface area contributed by atoms with Gasteiger partial charge in [-0.25, -0.2) is 9.37 Å². The minimum atomic E-state index is -0.343. The predicted molar refractivity (Wildman–Crippen MR) is 78.0 cm³/mol. The standard InChI is InChI=1S/C14H10FN3OS/c1-9-17-13-12(5-6-20-13)14(19)18(9)16-8-10-3-2-4-11(15)7-10/h2-8H,1H3/b16-8-. The van der Waals surface area contributed by atoms with Crippen molar-refractivity contribution >= 4 is 27.8 Å². The number of aromatic nitrogens is 2. The fourth-order valence-corrected chi connectivity index (χ4v) is 2.65. The maximum atomic E-state index is 13.1. The Kier molecular flexibility index (Phi) is 3.15. The molecule has 0 aliphatic carbocycles. The fraction of sp³-hybridized carbons (Fsp3) is 0.0714. The molecular weight excluding hydrogens is 277 g/mol. The number of rotatable bonds is 2. The lowest BCUT2D eigenvalue weighted by Crippen LogP contribution is -2.19. The molecule has 0 fully saturated rings. The van der Waals surface area contributed by atoms with Crippen LogP contribution in [0.5, 0.6) is 0 Å². The van der Waals surface area contributed by atoms with Crippen molar-refractivity contribution in [2.45, 2.75) is 6.92 Å². The molecule has 0 bridgehead atoms. The molecule has 0 spiro atoms. The normalized spacial score (nSPS) is 11.5. The molecule has 4 nitrogen and oxygen atoms in total. The Hall–Kier alpha value is -2.34. The molecule has 2 aromatic heterocycles. The van der Waals surface area contributed by atoms with Crippen LogP contribution in [0.15, 0.2) is 45.6 Å². The van der Waals surface area contributed by atoms with Gasteiger partial charge in [-0.05, 0) is 36.1 Å². The lowest BCUT2D eigenvalue weighted by atomic mass is 10.2. The highest BCUT2D eigenvalue weighted by Crippen LogP contribution is 2.14. The zero-order valence-corrected chi connectivity index (χ0v) is 11.4. The first-order valence-electron chi connectivity index (χ1n) is 5.92. The van der Waals surface area contributed by atoms with Crippen LogP contribution < -0.4 is 5.56 Å². The Labute approximate surface area is 117 Å². The number of nitrogens with zero attached hydrogens (tertiary/aromatic N) is 3. The maximum Gasteiger partial charge on any atom is 0.282 e. The van der Waals surface area contributed by atoms with E-state index in [2.05, 4.69) is 10.1 Å². The van der Waals surface area contributed by atoms with Crippen molar-refractivity contribution in [1.29, 1.82) is 0 Å². The van der Waals surface area contributed by atoms with Crippen LogP contribution in [-0.2, 0) is 0 Å². The summed E-state index contributed by atoms with van der Waals surface area (Å²) in [6, 6.07) is 7.73. The smallest absolute Gasteiger partial charge is 0.267 e. The number of halogens is 1. The van der Waals surface area contributed by atoms with Gasteiger partial charge in [0, 0.05) is 0 Å². The topological polar surface area (TPSA) is 47.2 Å². The second kappa shape index (κ2) is 4.97. The van der Waals surface area contributed by atoms with E-state index >= 15 is 0 Å². The van der Waals surface area contributed by atoms with E-state index in [9.17, 15) is 9.18 Å². The molecule has 0 aliphatic heterocycles. The van der Waals surface area contributed by atoms with Gasteiger partial charge in [-0.3, -0.25) is 4.79 Å². The first-order valence-corrected chi connectivity index (χ1v) is 6.80. The van der Waals surface area contributed by atoms with Gasteiger partial charge in [-0.1, -0.05) is 12.1 Å². The average molecular weight is 287 g/mol. The fourth-order valence-electron chi connectivity index (χ4n) is 1.85. The third kappa shape index (κ3) is 2.25. The highest BCUT2D eigenvalue weighted by atomic mass is 32.1. The largest absolute Gasteiger partial charge is 0.282 e. The molecule has 2 heterocycles. The summed E-state index contributed by atoms with van der Waals surface area (Å²) in [5, 5.41) is 6.46. The molecule has 100 valence electrons. The number of hydrogen-bond donors (Lipinski definition) is 0. The van der Waals surface area contributed by atoms with E-state index < -0.39 is 0 Å². The Balaban J connectivity index is 2.08.